The SMILES string of the molecule is CSCc1c(C(=O)c2c(C)[nH]n(C)c2=O)ccc(Br)c1N. The van der Waals surface area contributed by atoms with E-state index in [0.29, 0.717) is 22.7 Å². The summed E-state index contributed by atoms with van der Waals surface area (Å²) in [5, 5.41) is 2.84. The Morgan fingerprint density at radius 3 is 2.67 bits per heavy atom. The number of aryl methyl sites for hydroxylation is 2. The number of carbonyl (C=O) groups excluding carboxylic acids is 1. The van der Waals surface area contributed by atoms with E-state index in [1.54, 1.807) is 37.9 Å². The molecule has 0 bridgehead atoms. The molecule has 0 aliphatic rings. The molecule has 0 spiro atoms. The van der Waals surface area contributed by atoms with Gasteiger partial charge in [-0.25, -0.2) is 0 Å². The third-order valence-electron chi connectivity index (χ3n) is 3.29. The maximum atomic E-state index is 12.7. The Bertz CT molecular complexity index is 764. The van der Waals surface area contributed by atoms with Crippen molar-refractivity contribution in [3.05, 3.63) is 49.3 Å². The first-order valence-corrected chi connectivity index (χ1v) is 8.43. The lowest BCUT2D eigenvalue weighted by Crippen LogP contribution is -2.20. The van der Waals surface area contributed by atoms with Gasteiger partial charge in [-0.1, -0.05) is 0 Å². The lowest BCUT2D eigenvalue weighted by atomic mass is 9.98. The number of halogens is 1. The molecular weight excluding hydrogens is 354 g/mol. The highest BCUT2D eigenvalue weighted by Crippen LogP contribution is 2.30. The fourth-order valence-corrected chi connectivity index (χ4v) is 3.21. The van der Waals surface area contributed by atoms with Crippen LogP contribution in [0.5, 0.6) is 0 Å². The van der Waals surface area contributed by atoms with E-state index in [1.165, 1.54) is 4.68 Å². The molecule has 5 nitrogen and oxygen atoms in total. The number of carbonyl (C=O) groups is 1. The zero-order valence-corrected chi connectivity index (χ0v) is 14.4. The molecule has 1 heterocycles. The average Bonchev–Trinajstić information content (AvgIpc) is 2.68. The molecule has 1 aromatic carbocycles. The van der Waals surface area contributed by atoms with Crippen LogP contribution >= 0.6 is 27.7 Å². The molecule has 2 aromatic rings. The third-order valence-corrected chi connectivity index (χ3v) is 4.56. The summed E-state index contributed by atoms with van der Waals surface area (Å²) < 4.78 is 2.06. The standard InChI is InChI=1S/C14H16BrN3O2S/c1-7-11(14(20)18(2)17-7)13(19)8-4-5-10(15)12(16)9(8)6-21-3/h4-5,17H,6,16H2,1-3H3. The number of nitrogen functional groups attached to an aromatic ring is 1. The number of rotatable bonds is 4. The van der Waals surface area contributed by atoms with Crippen molar-refractivity contribution >= 4 is 39.2 Å². The summed E-state index contributed by atoms with van der Waals surface area (Å²) in [7, 11) is 1.59. The smallest absolute Gasteiger partial charge is 0.277 e. The molecule has 0 atom stereocenters. The van der Waals surface area contributed by atoms with Crippen LogP contribution in [0.25, 0.3) is 0 Å². The number of anilines is 1. The number of ketones is 1. The highest BCUT2D eigenvalue weighted by molar-refractivity contribution is 9.10. The number of benzene rings is 1. The van der Waals surface area contributed by atoms with E-state index >= 15 is 0 Å². The molecule has 0 amide bonds. The molecule has 2 rings (SSSR count). The van der Waals surface area contributed by atoms with Gasteiger partial charge < -0.3 is 5.73 Å². The summed E-state index contributed by atoms with van der Waals surface area (Å²) in [6.45, 7) is 1.71. The zero-order chi connectivity index (χ0) is 15.7. The molecule has 21 heavy (non-hydrogen) atoms. The van der Waals surface area contributed by atoms with Crippen LogP contribution in [0.15, 0.2) is 21.4 Å². The number of aromatic amines is 1. The molecule has 1 aromatic heterocycles. The van der Waals surface area contributed by atoms with Crippen molar-refractivity contribution in [1.29, 1.82) is 0 Å². The van der Waals surface area contributed by atoms with E-state index in [0.717, 1.165) is 10.0 Å². The molecule has 7 heteroatoms. The molecule has 0 aliphatic carbocycles. The van der Waals surface area contributed by atoms with Gasteiger partial charge in [-0.2, -0.15) is 11.8 Å². The molecule has 0 radical (unpaired) electrons. The maximum Gasteiger partial charge on any atom is 0.277 e. The minimum atomic E-state index is -0.325. The van der Waals surface area contributed by atoms with Gasteiger partial charge in [0.25, 0.3) is 5.56 Å². The Labute approximate surface area is 135 Å². The lowest BCUT2D eigenvalue weighted by Gasteiger charge is -2.11. The van der Waals surface area contributed by atoms with Crippen molar-refractivity contribution in [2.45, 2.75) is 12.7 Å². The van der Waals surface area contributed by atoms with Crippen molar-refractivity contribution in [3.8, 4) is 0 Å². The molecule has 0 aliphatic heterocycles. The lowest BCUT2D eigenvalue weighted by molar-refractivity contribution is 0.103. The fraction of sp³-hybridized carbons (Fsp3) is 0.286. The van der Waals surface area contributed by atoms with Crippen molar-refractivity contribution in [3.63, 3.8) is 0 Å². The Morgan fingerprint density at radius 1 is 1.48 bits per heavy atom. The van der Waals surface area contributed by atoms with Crippen LogP contribution in [0.2, 0.25) is 0 Å². The summed E-state index contributed by atoms with van der Waals surface area (Å²) in [5.74, 6) is 0.313. The number of nitrogens with two attached hydrogens (primary N) is 1. The summed E-state index contributed by atoms with van der Waals surface area (Å²) in [6, 6.07) is 3.44. The van der Waals surface area contributed by atoms with Crippen LogP contribution in [0.1, 0.15) is 27.2 Å². The topological polar surface area (TPSA) is 80.9 Å². The van der Waals surface area contributed by atoms with Gasteiger partial charge in [0.1, 0.15) is 5.56 Å². The highest BCUT2D eigenvalue weighted by Gasteiger charge is 2.23. The van der Waals surface area contributed by atoms with E-state index in [2.05, 4.69) is 21.0 Å². The predicted octanol–water partition coefficient (Wildman–Crippen LogP) is 2.46. The fourth-order valence-electron chi connectivity index (χ4n) is 2.24. The largest absolute Gasteiger partial charge is 0.398 e. The number of nitrogens with zero attached hydrogens (tertiary/aromatic N) is 1. The number of thioether (sulfide) groups is 1. The van der Waals surface area contributed by atoms with Gasteiger partial charge in [-0.3, -0.25) is 19.4 Å². The molecule has 112 valence electrons. The van der Waals surface area contributed by atoms with Crippen LogP contribution in [-0.2, 0) is 12.8 Å². The summed E-state index contributed by atoms with van der Waals surface area (Å²) in [5.41, 5.74) is 8.24. The van der Waals surface area contributed by atoms with Gasteiger partial charge in [-0.15, -0.1) is 0 Å². The molecule has 3 N–H and O–H groups in total. The quantitative estimate of drug-likeness (QED) is 0.640. The van der Waals surface area contributed by atoms with Crippen molar-refractivity contribution in [2.75, 3.05) is 12.0 Å². The third kappa shape index (κ3) is 2.80. The number of nitrogens with one attached hydrogen (secondary N) is 1. The van der Waals surface area contributed by atoms with E-state index in [4.69, 9.17) is 5.73 Å². The first kappa shape index (κ1) is 15.9. The molecule has 0 saturated heterocycles. The Kier molecular flexibility index (Phi) is 4.63. The van der Waals surface area contributed by atoms with Crippen LogP contribution in [0, 0.1) is 6.92 Å². The van der Waals surface area contributed by atoms with Gasteiger partial charge in [0.15, 0.2) is 0 Å². The minimum absolute atomic E-state index is 0.168. The number of H-pyrrole nitrogens is 1. The van der Waals surface area contributed by atoms with Gasteiger partial charge in [0.2, 0.25) is 5.78 Å². The van der Waals surface area contributed by atoms with E-state index in [-0.39, 0.29) is 16.9 Å². The number of hydrogen-bond acceptors (Lipinski definition) is 4. The minimum Gasteiger partial charge on any atom is -0.398 e. The van der Waals surface area contributed by atoms with E-state index in [1.807, 2.05) is 6.26 Å². The molecule has 0 fully saturated rings. The maximum absolute atomic E-state index is 12.7. The van der Waals surface area contributed by atoms with E-state index in [9.17, 15) is 9.59 Å². The first-order valence-electron chi connectivity index (χ1n) is 6.24. The van der Waals surface area contributed by atoms with Crippen LogP contribution in [0.3, 0.4) is 0 Å². The van der Waals surface area contributed by atoms with Gasteiger partial charge in [0.05, 0.1) is 5.69 Å². The van der Waals surface area contributed by atoms with Crippen LogP contribution in [-0.4, -0.2) is 21.8 Å². The molecule has 0 unspecified atom stereocenters. The summed E-state index contributed by atoms with van der Waals surface area (Å²) >= 11 is 4.94. The second kappa shape index (κ2) is 6.11. The van der Waals surface area contributed by atoms with Gasteiger partial charge in [0, 0.05) is 28.5 Å². The van der Waals surface area contributed by atoms with Crippen LogP contribution in [0.4, 0.5) is 5.69 Å². The second-order valence-corrected chi connectivity index (χ2v) is 6.45. The molecule has 0 saturated carbocycles. The van der Waals surface area contributed by atoms with Gasteiger partial charge in [-0.05, 0) is 46.8 Å². The van der Waals surface area contributed by atoms with E-state index < -0.39 is 0 Å². The first-order chi connectivity index (χ1) is 9.88. The normalized spacial score (nSPS) is 10.9. The van der Waals surface area contributed by atoms with Gasteiger partial charge >= 0.3 is 0 Å². The predicted molar refractivity (Wildman–Crippen MR) is 90.0 cm³/mol. The Balaban J connectivity index is 2.64. The summed E-state index contributed by atoms with van der Waals surface area (Å²) in [6.07, 6.45) is 1.94. The monoisotopic (exact) mass is 369 g/mol. The summed E-state index contributed by atoms with van der Waals surface area (Å²) in [4.78, 5) is 24.8. The number of hydrogen-bond donors (Lipinski definition) is 2. The van der Waals surface area contributed by atoms with Crippen LogP contribution < -0.4 is 11.3 Å². The van der Waals surface area contributed by atoms with Crippen molar-refractivity contribution in [2.24, 2.45) is 7.05 Å². The Hall–Kier alpha value is -1.47. The molecular formula is C14H16BrN3O2S. The average molecular weight is 370 g/mol. The van der Waals surface area contributed by atoms with Crippen molar-refractivity contribution in [1.82, 2.24) is 9.78 Å². The second-order valence-electron chi connectivity index (χ2n) is 4.73. The Morgan fingerprint density at radius 2 is 2.14 bits per heavy atom. The zero-order valence-electron chi connectivity index (χ0n) is 12.0. The number of aromatic nitrogens is 2. The highest BCUT2D eigenvalue weighted by atomic mass is 79.9. The van der Waals surface area contributed by atoms with Crippen molar-refractivity contribution < 1.29 is 4.79 Å².